The fourth-order valence-electron chi connectivity index (χ4n) is 4.64. The second-order valence-electron chi connectivity index (χ2n) is 8.26. The van der Waals surface area contributed by atoms with E-state index < -0.39 is 0 Å². The average Bonchev–Trinajstić information content (AvgIpc) is 3.33. The summed E-state index contributed by atoms with van der Waals surface area (Å²) in [6, 6.07) is 14.4. The number of nitrogens with one attached hydrogen (secondary N) is 1. The number of methoxy groups -OCH3 is 2. The number of likely N-dealkylation sites (tertiary alicyclic amines) is 1. The predicted octanol–water partition coefficient (Wildman–Crippen LogP) is 3.69. The van der Waals surface area contributed by atoms with E-state index in [0.29, 0.717) is 6.42 Å². The van der Waals surface area contributed by atoms with E-state index in [1.165, 1.54) is 22.0 Å². The Kier molecular flexibility index (Phi) is 6.18. The van der Waals surface area contributed by atoms with Gasteiger partial charge in [0.15, 0.2) is 0 Å². The highest BCUT2D eigenvalue weighted by Gasteiger charge is 2.36. The van der Waals surface area contributed by atoms with Crippen LogP contribution in [0.1, 0.15) is 30.4 Å². The second kappa shape index (κ2) is 9.02. The number of amides is 1. The van der Waals surface area contributed by atoms with Crippen LogP contribution in [0.3, 0.4) is 0 Å². The summed E-state index contributed by atoms with van der Waals surface area (Å²) in [4.78, 5) is 14.7. The third kappa shape index (κ3) is 4.39. The molecule has 6 heteroatoms. The number of hydrogen-bond acceptors (Lipinski definition) is 4. The van der Waals surface area contributed by atoms with E-state index in [1.807, 2.05) is 25.1 Å². The highest BCUT2D eigenvalue weighted by molar-refractivity contribution is 5.86. The Morgan fingerprint density at radius 3 is 2.61 bits per heavy atom. The molecule has 0 aliphatic carbocycles. The van der Waals surface area contributed by atoms with Crippen molar-refractivity contribution < 1.29 is 14.3 Å². The second-order valence-corrected chi connectivity index (χ2v) is 8.26. The van der Waals surface area contributed by atoms with Crippen LogP contribution in [0.2, 0.25) is 0 Å². The lowest BCUT2D eigenvalue weighted by molar-refractivity contribution is -0.121. The van der Waals surface area contributed by atoms with Crippen LogP contribution < -0.4 is 14.8 Å². The molecule has 4 rings (SSSR count). The number of aryl methyl sites for hydroxylation is 1. The van der Waals surface area contributed by atoms with Crippen molar-refractivity contribution >= 4 is 16.8 Å². The molecule has 1 amide bonds. The lowest BCUT2D eigenvalue weighted by atomic mass is 9.93. The monoisotopic (exact) mass is 421 g/mol. The highest BCUT2D eigenvalue weighted by Crippen LogP contribution is 2.36. The van der Waals surface area contributed by atoms with E-state index in [1.54, 1.807) is 14.2 Å². The minimum Gasteiger partial charge on any atom is -0.497 e. The van der Waals surface area contributed by atoms with E-state index in [-0.39, 0.29) is 17.9 Å². The summed E-state index contributed by atoms with van der Waals surface area (Å²) < 4.78 is 13.0. The van der Waals surface area contributed by atoms with Gasteiger partial charge in [-0.15, -0.1) is 0 Å². The van der Waals surface area contributed by atoms with E-state index in [2.05, 4.69) is 52.3 Å². The largest absolute Gasteiger partial charge is 0.497 e. The molecule has 2 aromatic carbocycles. The van der Waals surface area contributed by atoms with Crippen LogP contribution in [0, 0.1) is 0 Å². The molecule has 1 saturated heterocycles. The molecule has 3 aromatic rings. The van der Waals surface area contributed by atoms with Crippen LogP contribution >= 0.6 is 0 Å². The van der Waals surface area contributed by atoms with Crippen LogP contribution in [0.25, 0.3) is 10.9 Å². The Morgan fingerprint density at radius 2 is 1.87 bits per heavy atom. The lowest BCUT2D eigenvalue weighted by Gasteiger charge is -2.19. The SMILES string of the molecule is CCC(=O)N[C@H]1CN(Cc2cccc(OC)c2)C[C@@H]1c1cn(C)c2ccc(OC)cc12. The summed E-state index contributed by atoms with van der Waals surface area (Å²) in [6.45, 7) is 4.41. The first-order chi connectivity index (χ1) is 15.0. The van der Waals surface area contributed by atoms with E-state index in [0.717, 1.165) is 31.1 Å². The quantitative estimate of drug-likeness (QED) is 0.632. The van der Waals surface area contributed by atoms with Crippen molar-refractivity contribution in [3.05, 3.63) is 59.8 Å². The van der Waals surface area contributed by atoms with Crippen molar-refractivity contribution in [2.24, 2.45) is 7.05 Å². The van der Waals surface area contributed by atoms with Crippen molar-refractivity contribution in [3.63, 3.8) is 0 Å². The highest BCUT2D eigenvalue weighted by atomic mass is 16.5. The van der Waals surface area contributed by atoms with Gasteiger partial charge in [-0.05, 0) is 41.5 Å². The lowest BCUT2D eigenvalue weighted by Crippen LogP contribution is -2.39. The van der Waals surface area contributed by atoms with Crippen molar-refractivity contribution in [2.45, 2.75) is 31.8 Å². The molecule has 1 N–H and O–H groups in total. The summed E-state index contributed by atoms with van der Waals surface area (Å²) >= 11 is 0. The standard InChI is InChI=1S/C25H31N3O3/c1-5-25(29)26-23-16-28(13-17-7-6-8-18(11-17)30-3)15-22(23)21-14-27(2)24-10-9-19(31-4)12-20(21)24/h6-12,14,22-23H,5,13,15-16H2,1-4H3,(H,26,29)/t22-,23+/m1/s1. The van der Waals surface area contributed by atoms with Gasteiger partial charge in [0.1, 0.15) is 11.5 Å². The smallest absolute Gasteiger partial charge is 0.219 e. The van der Waals surface area contributed by atoms with E-state index in [4.69, 9.17) is 9.47 Å². The normalized spacial score (nSPS) is 19.0. The number of fused-ring (bicyclic) bond motifs is 1. The third-order valence-corrected chi connectivity index (χ3v) is 6.23. The van der Waals surface area contributed by atoms with Gasteiger partial charge in [-0.2, -0.15) is 0 Å². The number of benzene rings is 2. The first-order valence-corrected chi connectivity index (χ1v) is 10.8. The van der Waals surface area contributed by atoms with Gasteiger partial charge in [-0.25, -0.2) is 0 Å². The molecule has 31 heavy (non-hydrogen) atoms. The summed E-state index contributed by atoms with van der Waals surface area (Å²) in [6.07, 6.45) is 2.69. The fourth-order valence-corrected chi connectivity index (χ4v) is 4.64. The van der Waals surface area contributed by atoms with Gasteiger partial charge < -0.3 is 19.4 Å². The maximum atomic E-state index is 12.3. The molecule has 1 fully saturated rings. The predicted molar refractivity (Wildman–Crippen MR) is 123 cm³/mol. The molecule has 164 valence electrons. The number of ether oxygens (including phenoxy) is 2. The Morgan fingerprint density at radius 1 is 1.10 bits per heavy atom. The molecule has 2 atom stereocenters. The van der Waals surface area contributed by atoms with Gasteiger partial charge in [-0.1, -0.05) is 19.1 Å². The van der Waals surface area contributed by atoms with Crippen LogP contribution in [-0.4, -0.2) is 48.7 Å². The zero-order chi connectivity index (χ0) is 22.0. The molecule has 0 saturated carbocycles. The zero-order valence-corrected chi connectivity index (χ0v) is 18.7. The van der Waals surface area contributed by atoms with Crippen LogP contribution in [0.5, 0.6) is 11.5 Å². The number of carbonyl (C=O) groups excluding carboxylic acids is 1. The maximum absolute atomic E-state index is 12.3. The first-order valence-electron chi connectivity index (χ1n) is 10.8. The van der Waals surface area contributed by atoms with Crippen LogP contribution in [-0.2, 0) is 18.4 Å². The number of hydrogen-bond donors (Lipinski definition) is 1. The molecule has 2 heterocycles. The van der Waals surface area contributed by atoms with Crippen molar-refractivity contribution in [3.8, 4) is 11.5 Å². The molecule has 0 unspecified atom stereocenters. The minimum absolute atomic E-state index is 0.0647. The van der Waals surface area contributed by atoms with Gasteiger partial charge in [0.05, 0.1) is 14.2 Å². The van der Waals surface area contributed by atoms with Gasteiger partial charge in [-0.3, -0.25) is 9.69 Å². The molecule has 0 spiro atoms. The molecule has 0 radical (unpaired) electrons. The zero-order valence-electron chi connectivity index (χ0n) is 18.7. The average molecular weight is 422 g/mol. The number of nitrogens with zero attached hydrogens (tertiary/aromatic N) is 2. The van der Waals surface area contributed by atoms with Crippen molar-refractivity contribution in [2.75, 3.05) is 27.3 Å². The molecule has 6 nitrogen and oxygen atoms in total. The third-order valence-electron chi connectivity index (χ3n) is 6.23. The summed E-state index contributed by atoms with van der Waals surface area (Å²) in [5.41, 5.74) is 3.63. The Labute approximate surface area is 183 Å². The summed E-state index contributed by atoms with van der Waals surface area (Å²) in [5.74, 6) is 2.01. The number of carbonyl (C=O) groups is 1. The van der Waals surface area contributed by atoms with Crippen molar-refractivity contribution in [1.29, 1.82) is 0 Å². The Hall–Kier alpha value is -2.99. The molecular formula is C25H31N3O3. The van der Waals surface area contributed by atoms with Crippen LogP contribution in [0.15, 0.2) is 48.7 Å². The van der Waals surface area contributed by atoms with Gasteiger partial charge in [0.25, 0.3) is 0 Å². The first kappa shape index (κ1) is 21.2. The topological polar surface area (TPSA) is 55.7 Å². The van der Waals surface area contributed by atoms with Gasteiger partial charge in [0.2, 0.25) is 5.91 Å². The Balaban J connectivity index is 1.65. The number of aromatic nitrogens is 1. The summed E-state index contributed by atoms with van der Waals surface area (Å²) in [5, 5.41) is 4.46. The van der Waals surface area contributed by atoms with Crippen LogP contribution in [0.4, 0.5) is 0 Å². The molecule has 1 aliphatic heterocycles. The molecular weight excluding hydrogens is 390 g/mol. The minimum atomic E-state index is 0.0647. The molecule has 1 aliphatic rings. The molecule has 0 bridgehead atoms. The van der Waals surface area contributed by atoms with Gasteiger partial charge in [0, 0.05) is 62.2 Å². The van der Waals surface area contributed by atoms with Gasteiger partial charge >= 0.3 is 0 Å². The summed E-state index contributed by atoms with van der Waals surface area (Å²) in [7, 11) is 5.45. The fraction of sp³-hybridized carbons (Fsp3) is 0.400. The van der Waals surface area contributed by atoms with E-state index in [9.17, 15) is 4.79 Å². The number of rotatable bonds is 7. The molecule has 1 aromatic heterocycles. The van der Waals surface area contributed by atoms with Crippen molar-refractivity contribution in [1.82, 2.24) is 14.8 Å². The van der Waals surface area contributed by atoms with E-state index >= 15 is 0 Å². The maximum Gasteiger partial charge on any atom is 0.219 e. The Bertz CT molecular complexity index is 1080.